The van der Waals surface area contributed by atoms with Gasteiger partial charge in [0.25, 0.3) is 5.91 Å². The Bertz CT molecular complexity index is 790. The quantitative estimate of drug-likeness (QED) is 0.860. The Morgan fingerprint density at radius 1 is 1.13 bits per heavy atom. The van der Waals surface area contributed by atoms with E-state index in [-0.39, 0.29) is 18.0 Å². The van der Waals surface area contributed by atoms with Crippen LogP contribution in [0.5, 0.6) is 11.5 Å². The van der Waals surface area contributed by atoms with E-state index < -0.39 is 11.9 Å². The van der Waals surface area contributed by atoms with Crippen LogP contribution in [0, 0.1) is 0 Å². The van der Waals surface area contributed by atoms with E-state index in [9.17, 15) is 14.7 Å². The molecule has 0 saturated heterocycles. The molecule has 1 aliphatic rings. The van der Waals surface area contributed by atoms with Crippen molar-refractivity contribution >= 4 is 29.3 Å². The van der Waals surface area contributed by atoms with Gasteiger partial charge in [-0.05, 0) is 24.5 Å². The Labute approximate surface area is 136 Å². The van der Waals surface area contributed by atoms with Gasteiger partial charge in [-0.15, -0.1) is 11.8 Å². The summed E-state index contributed by atoms with van der Waals surface area (Å²) in [5.74, 6) is -1.12. The van der Waals surface area contributed by atoms with Gasteiger partial charge in [-0.25, -0.2) is 0 Å². The Hall–Kier alpha value is -2.67. The van der Waals surface area contributed by atoms with Gasteiger partial charge in [-0.1, -0.05) is 12.1 Å². The Morgan fingerprint density at radius 3 is 2.52 bits per heavy atom. The third-order valence-electron chi connectivity index (χ3n) is 3.33. The number of hydrogen-bond donors (Lipinski definition) is 1. The first kappa shape index (κ1) is 15.2. The summed E-state index contributed by atoms with van der Waals surface area (Å²) in [4.78, 5) is 24.6. The second-order valence-electron chi connectivity index (χ2n) is 4.69. The molecule has 1 heterocycles. The van der Waals surface area contributed by atoms with Gasteiger partial charge in [0, 0.05) is 16.5 Å². The number of carbonyl (C=O) groups is 2. The highest BCUT2D eigenvalue weighted by Gasteiger charge is 2.20. The molecule has 1 N–H and O–H groups in total. The molecule has 1 aliphatic heterocycles. The number of fused-ring (bicyclic) bond motifs is 1. The molecule has 0 saturated carbocycles. The van der Waals surface area contributed by atoms with Gasteiger partial charge in [0.2, 0.25) is 6.79 Å². The summed E-state index contributed by atoms with van der Waals surface area (Å²) in [6, 6.07) is 9.77. The van der Waals surface area contributed by atoms with E-state index in [1.807, 2.05) is 18.4 Å². The number of amides is 1. The summed E-state index contributed by atoms with van der Waals surface area (Å²) in [6.45, 7) is 0.00846. The van der Waals surface area contributed by atoms with Gasteiger partial charge in [0.1, 0.15) is 0 Å². The number of anilines is 1. The second kappa shape index (κ2) is 6.21. The summed E-state index contributed by atoms with van der Waals surface area (Å²) >= 11 is 1.43. The minimum Gasteiger partial charge on any atom is -0.545 e. The van der Waals surface area contributed by atoms with Gasteiger partial charge < -0.3 is 24.7 Å². The van der Waals surface area contributed by atoms with E-state index in [2.05, 4.69) is 5.32 Å². The predicted octanol–water partition coefficient (Wildman–Crippen LogP) is 1.75. The smallest absolute Gasteiger partial charge is 0.256 e. The predicted molar refractivity (Wildman–Crippen MR) is 83.1 cm³/mol. The van der Waals surface area contributed by atoms with Gasteiger partial charge in [-0.2, -0.15) is 0 Å². The SMILES string of the molecule is CSc1ccccc1C(=O)Nc1cc2c(cc1C(=O)[O-])OCO2. The maximum atomic E-state index is 12.5. The standard InChI is InChI=1S/C16H13NO5S/c1-23-14-5-3-2-4-9(14)15(18)17-11-7-13-12(21-8-22-13)6-10(11)16(19)20/h2-7H,8H2,1H3,(H,17,18)(H,19,20)/p-1. The van der Waals surface area contributed by atoms with Crippen molar-refractivity contribution < 1.29 is 24.2 Å². The Morgan fingerprint density at radius 2 is 1.83 bits per heavy atom. The lowest BCUT2D eigenvalue weighted by Gasteiger charge is -2.14. The molecule has 0 unspecified atom stereocenters. The lowest BCUT2D eigenvalue weighted by molar-refractivity contribution is -0.254. The molecule has 0 radical (unpaired) electrons. The maximum Gasteiger partial charge on any atom is 0.256 e. The molecule has 0 aromatic heterocycles. The van der Waals surface area contributed by atoms with Gasteiger partial charge >= 0.3 is 0 Å². The van der Waals surface area contributed by atoms with Crippen molar-refractivity contribution in [2.45, 2.75) is 4.90 Å². The first-order chi connectivity index (χ1) is 11.1. The van der Waals surface area contributed by atoms with Crippen molar-refractivity contribution in [3.63, 3.8) is 0 Å². The van der Waals surface area contributed by atoms with Crippen LogP contribution >= 0.6 is 11.8 Å². The first-order valence-electron chi connectivity index (χ1n) is 6.69. The number of carbonyl (C=O) groups excluding carboxylic acids is 2. The molecular formula is C16H12NO5S-. The molecule has 7 heteroatoms. The summed E-state index contributed by atoms with van der Waals surface area (Å²) in [7, 11) is 0. The zero-order valence-electron chi connectivity index (χ0n) is 12.1. The molecule has 0 atom stereocenters. The molecule has 2 aromatic rings. The third-order valence-corrected chi connectivity index (χ3v) is 4.13. The second-order valence-corrected chi connectivity index (χ2v) is 5.54. The molecular weight excluding hydrogens is 318 g/mol. The van der Waals surface area contributed by atoms with E-state index in [0.717, 1.165) is 4.90 Å². The molecule has 1 amide bonds. The molecule has 0 fully saturated rings. The van der Waals surface area contributed by atoms with Gasteiger partial charge in [-0.3, -0.25) is 4.79 Å². The topological polar surface area (TPSA) is 87.7 Å². The summed E-state index contributed by atoms with van der Waals surface area (Å²) in [5.41, 5.74) is 0.404. The van der Waals surface area contributed by atoms with Crippen LogP contribution in [0.25, 0.3) is 0 Å². The van der Waals surface area contributed by atoms with E-state index in [1.165, 1.54) is 23.9 Å². The molecule has 23 heavy (non-hydrogen) atoms. The largest absolute Gasteiger partial charge is 0.545 e. The van der Waals surface area contributed by atoms with Crippen molar-refractivity contribution in [2.75, 3.05) is 18.4 Å². The normalized spacial score (nSPS) is 12.0. The minimum atomic E-state index is -1.41. The van der Waals surface area contributed by atoms with Crippen LogP contribution in [0.3, 0.4) is 0 Å². The highest BCUT2D eigenvalue weighted by molar-refractivity contribution is 7.98. The minimum absolute atomic E-state index is 0.00846. The number of nitrogens with one attached hydrogen (secondary N) is 1. The molecule has 6 nitrogen and oxygen atoms in total. The molecule has 0 bridgehead atoms. The van der Waals surface area contributed by atoms with Crippen LogP contribution in [0.15, 0.2) is 41.3 Å². The van der Waals surface area contributed by atoms with Crippen molar-refractivity contribution in [3.05, 3.63) is 47.5 Å². The highest BCUT2D eigenvalue weighted by Crippen LogP contribution is 2.37. The van der Waals surface area contributed by atoms with E-state index >= 15 is 0 Å². The average molecular weight is 330 g/mol. The number of thioether (sulfide) groups is 1. The monoisotopic (exact) mass is 330 g/mol. The first-order valence-corrected chi connectivity index (χ1v) is 7.92. The van der Waals surface area contributed by atoms with E-state index in [4.69, 9.17) is 9.47 Å². The molecule has 0 spiro atoms. The van der Waals surface area contributed by atoms with Crippen molar-refractivity contribution in [3.8, 4) is 11.5 Å². The number of aromatic carboxylic acids is 1. The Balaban J connectivity index is 1.96. The Kier molecular flexibility index (Phi) is 4.12. The van der Waals surface area contributed by atoms with Gasteiger partial charge in [0.15, 0.2) is 11.5 Å². The number of hydrogen-bond acceptors (Lipinski definition) is 6. The molecule has 3 rings (SSSR count). The van der Waals surface area contributed by atoms with Crippen molar-refractivity contribution in [1.82, 2.24) is 0 Å². The van der Waals surface area contributed by atoms with Crippen LogP contribution in [0.1, 0.15) is 20.7 Å². The highest BCUT2D eigenvalue weighted by atomic mass is 32.2. The van der Waals surface area contributed by atoms with Crippen LogP contribution in [-0.2, 0) is 0 Å². The third kappa shape index (κ3) is 2.95. The zero-order chi connectivity index (χ0) is 16.4. The maximum absolute atomic E-state index is 12.5. The molecule has 2 aromatic carbocycles. The van der Waals surface area contributed by atoms with Crippen molar-refractivity contribution in [1.29, 1.82) is 0 Å². The van der Waals surface area contributed by atoms with Crippen LogP contribution in [0.4, 0.5) is 5.69 Å². The van der Waals surface area contributed by atoms with Crippen molar-refractivity contribution in [2.24, 2.45) is 0 Å². The number of benzene rings is 2. The van der Waals surface area contributed by atoms with Gasteiger partial charge in [0.05, 0.1) is 17.2 Å². The van der Waals surface area contributed by atoms with E-state index in [1.54, 1.807) is 12.1 Å². The molecule has 0 aliphatic carbocycles. The summed E-state index contributed by atoms with van der Waals surface area (Å²) < 4.78 is 10.4. The fraction of sp³-hybridized carbons (Fsp3) is 0.125. The average Bonchev–Trinajstić information content (AvgIpc) is 3.01. The fourth-order valence-electron chi connectivity index (χ4n) is 2.24. The van der Waals surface area contributed by atoms with Crippen LogP contribution in [-0.4, -0.2) is 24.9 Å². The number of carboxylic acids is 1. The fourth-order valence-corrected chi connectivity index (χ4v) is 2.83. The number of rotatable bonds is 4. The van der Waals surface area contributed by atoms with Crippen LogP contribution < -0.4 is 19.9 Å². The lowest BCUT2D eigenvalue weighted by Crippen LogP contribution is -2.25. The molecule has 118 valence electrons. The zero-order valence-corrected chi connectivity index (χ0v) is 12.9. The summed E-state index contributed by atoms with van der Waals surface area (Å²) in [5, 5.41) is 13.9. The lowest BCUT2D eigenvalue weighted by atomic mass is 10.1. The van der Waals surface area contributed by atoms with E-state index in [0.29, 0.717) is 17.1 Å². The number of carboxylic acid groups (broad SMARTS) is 1. The van der Waals surface area contributed by atoms with Crippen LogP contribution in [0.2, 0.25) is 0 Å². The summed E-state index contributed by atoms with van der Waals surface area (Å²) in [6.07, 6.45) is 1.86. The number of ether oxygens (including phenoxy) is 2.